The van der Waals surface area contributed by atoms with Crippen LogP contribution < -0.4 is 0 Å². The molecule has 2 heterocycles. The lowest BCUT2D eigenvalue weighted by atomic mass is 10.1. The molecule has 6 heteroatoms. The van der Waals surface area contributed by atoms with Gasteiger partial charge in [-0.1, -0.05) is 0 Å². The van der Waals surface area contributed by atoms with Gasteiger partial charge in [-0.05, 0) is 55.8 Å². The van der Waals surface area contributed by atoms with Crippen molar-refractivity contribution in [2.75, 3.05) is 0 Å². The molecule has 0 aliphatic carbocycles. The van der Waals surface area contributed by atoms with E-state index in [1.165, 1.54) is 0 Å². The number of rotatable bonds is 3. The van der Waals surface area contributed by atoms with Gasteiger partial charge in [-0.2, -0.15) is 5.10 Å². The van der Waals surface area contributed by atoms with Crippen LogP contribution in [0.15, 0.2) is 19.7 Å². The highest BCUT2D eigenvalue weighted by Gasteiger charge is 2.17. The average molecular weight is 380 g/mol. The van der Waals surface area contributed by atoms with E-state index in [1.54, 1.807) is 11.3 Å². The predicted molar refractivity (Wildman–Crippen MR) is 76.3 cm³/mol. The van der Waals surface area contributed by atoms with Crippen LogP contribution in [0.4, 0.5) is 0 Å². The largest absolute Gasteiger partial charge is 0.388 e. The van der Waals surface area contributed by atoms with Crippen molar-refractivity contribution in [1.82, 2.24) is 9.78 Å². The summed E-state index contributed by atoms with van der Waals surface area (Å²) >= 11 is 8.49. The minimum Gasteiger partial charge on any atom is -0.388 e. The molecular formula is C11H12Br2N2OS. The Bertz CT molecular complexity index is 536. The van der Waals surface area contributed by atoms with Gasteiger partial charge in [-0.15, -0.1) is 11.3 Å². The van der Waals surface area contributed by atoms with Crippen LogP contribution in [0, 0.1) is 6.92 Å². The summed E-state index contributed by atoms with van der Waals surface area (Å²) in [5.41, 5.74) is 2.89. The fourth-order valence-corrected chi connectivity index (χ4v) is 3.42. The topological polar surface area (TPSA) is 38.0 Å². The molecule has 3 nitrogen and oxygen atoms in total. The molecule has 1 N–H and O–H groups in total. The molecule has 2 aromatic rings. The molecule has 0 bridgehead atoms. The standard InChI is InChI=1S/C11H12Br2N2OS/c1-6-11(13)8(15(2)14-6)4-9(16)7-3-10(12)17-5-7/h3,5,9,16H,4H2,1-2H3. The first-order chi connectivity index (χ1) is 7.99. The maximum Gasteiger partial charge on any atom is 0.0854 e. The zero-order chi connectivity index (χ0) is 12.6. The fraction of sp³-hybridized carbons (Fsp3) is 0.364. The van der Waals surface area contributed by atoms with E-state index in [1.807, 2.05) is 30.1 Å². The first-order valence-corrected chi connectivity index (χ1v) is 7.55. The summed E-state index contributed by atoms with van der Waals surface area (Å²) in [6.45, 7) is 1.95. The van der Waals surface area contributed by atoms with Gasteiger partial charge in [0.25, 0.3) is 0 Å². The third-order valence-corrected chi connectivity index (χ3v) is 5.18. The Balaban J connectivity index is 2.21. The summed E-state index contributed by atoms with van der Waals surface area (Å²) < 4.78 is 3.82. The van der Waals surface area contributed by atoms with Gasteiger partial charge in [0.2, 0.25) is 0 Å². The second kappa shape index (κ2) is 5.22. The number of aliphatic hydroxyl groups excluding tert-OH is 1. The fourth-order valence-electron chi connectivity index (χ4n) is 1.70. The highest BCUT2D eigenvalue weighted by molar-refractivity contribution is 9.11. The van der Waals surface area contributed by atoms with Crippen molar-refractivity contribution in [3.63, 3.8) is 0 Å². The van der Waals surface area contributed by atoms with Crippen LogP contribution in [-0.4, -0.2) is 14.9 Å². The molecule has 0 aromatic carbocycles. The average Bonchev–Trinajstić information content (AvgIpc) is 2.79. The van der Waals surface area contributed by atoms with Crippen LogP contribution >= 0.6 is 43.2 Å². The Kier molecular flexibility index (Phi) is 4.07. The van der Waals surface area contributed by atoms with Gasteiger partial charge in [-0.25, -0.2) is 0 Å². The highest BCUT2D eigenvalue weighted by Crippen LogP contribution is 2.29. The molecule has 1 unspecified atom stereocenters. The van der Waals surface area contributed by atoms with E-state index in [2.05, 4.69) is 37.0 Å². The van der Waals surface area contributed by atoms with E-state index < -0.39 is 6.10 Å². The van der Waals surface area contributed by atoms with Gasteiger partial charge in [0.1, 0.15) is 0 Å². The van der Waals surface area contributed by atoms with E-state index in [-0.39, 0.29) is 0 Å². The maximum absolute atomic E-state index is 10.2. The number of hydrogen-bond donors (Lipinski definition) is 1. The first kappa shape index (κ1) is 13.3. The van der Waals surface area contributed by atoms with Crippen molar-refractivity contribution >= 4 is 43.2 Å². The zero-order valence-corrected chi connectivity index (χ0v) is 13.4. The molecule has 17 heavy (non-hydrogen) atoms. The number of nitrogens with zero attached hydrogens (tertiary/aromatic N) is 2. The Hall–Kier alpha value is -0.170. The smallest absolute Gasteiger partial charge is 0.0854 e. The van der Waals surface area contributed by atoms with E-state index in [9.17, 15) is 5.11 Å². The Morgan fingerprint density at radius 3 is 2.71 bits per heavy atom. The van der Waals surface area contributed by atoms with Gasteiger partial charge in [0, 0.05) is 13.5 Å². The first-order valence-electron chi connectivity index (χ1n) is 5.09. The summed E-state index contributed by atoms with van der Waals surface area (Å²) in [5, 5.41) is 16.4. The second-order valence-electron chi connectivity index (χ2n) is 3.87. The van der Waals surface area contributed by atoms with Crippen molar-refractivity contribution in [2.24, 2.45) is 7.05 Å². The molecular weight excluding hydrogens is 368 g/mol. The normalized spacial score (nSPS) is 13.0. The molecule has 0 saturated carbocycles. The van der Waals surface area contributed by atoms with E-state index in [0.29, 0.717) is 6.42 Å². The zero-order valence-electron chi connectivity index (χ0n) is 9.44. The number of halogens is 2. The van der Waals surface area contributed by atoms with Crippen LogP contribution in [-0.2, 0) is 13.5 Å². The van der Waals surface area contributed by atoms with Gasteiger partial charge in [-0.3, -0.25) is 4.68 Å². The van der Waals surface area contributed by atoms with E-state index >= 15 is 0 Å². The minimum atomic E-state index is -0.497. The lowest BCUT2D eigenvalue weighted by molar-refractivity contribution is 0.176. The summed E-state index contributed by atoms with van der Waals surface area (Å²) in [4.78, 5) is 0. The number of thiophene rings is 1. The van der Waals surface area contributed by atoms with E-state index in [0.717, 1.165) is 25.2 Å². The van der Waals surface area contributed by atoms with Crippen LogP contribution in [0.1, 0.15) is 23.1 Å². The maximum atomic E-state index is 10.2. The summed E-state index contributed by atoms with van der Waals surface area (Å²) in [5.74, 6) is 0. The van der Waals surface area contributed by atoms with Crippen molar-refractivity contribution in [1.29, 1.82) is 0 Å². The molecule has 0 amide bonds. The molecule has 92 valence electrons. The molecule has 0 spiro atoms. The Morgan fingerprint density at radius 1 is 1.53 bits per heavy atom. The molecule has 0 radical (unpaired) electrons. The molecule has 0 fully saturated rings. The minimum absolute atomic E-state index is 0.497. The molecule has 0 aliphatic rings. The third-order valence-electron chi connectivity index (χ3n) is 2.62. The van der Waals surface area contributed by atoms with Crippen LogP contribution in [0.3, 0.4) is 0 Å². The lowest BCUT2D eigenvalue weighted by Gasteiger charge is -2.09. The monoisotopic (exact) mass is 378 g/mol. The second-order valence-corrected chi connectivity index (χ2v) is 6.96. The van der Waals surface area contributed by atoms with Crippen LogP contribution in [0.5, 0.6) is 0 Å². The third kappa shape index (κ3) is 2.81. The number of hydrogen-bond acceptors (Lipinski definition) is 3. The molecule has 1 atom stereocenters. The van der Waals surface area contributed by atoms with Crippen molar-refractivity contribution < 1.29 is 5.11 Å². The molecule has 2 aromatic heterocycles. The lowest BCUT2D eigenvalue weighted by Crippen LogP contribution is -2.06. The summed E-state index contributed by atoms with van der Waals surface area (Å²) in [6, 6.07) is 1.95. The van der Waals surface area contributed by atoms with Gasteiger partial charge in [0.05, 0.1) is 25.8 Å². The van der Waals surface area contributed by atoms with Crippen molar-refractivity contribution in [3.05, 3.63) is 36.7 Å². The highest BCUT2D eigenvalue weighted by atomic mass is 79.9. The number of aromatic nitrogens is 2. The summed E-state index contributed by atoms with van der Waals surface area (Å²) in [7, 11) is 1.89. The number of aryl methyl sites for hydroxylation is 2. The Morgan fingerprint density at radius 2 is 2.24 bits per heavy atom. The van der Waals surface area contributed by atoms with Crippen molar-refractivity contribution in [2.45, 2.75) is 19.4 Å². The van der Waals surface area contributed by atoms with Gasteiger partial charge < -0.3 is 5.11 Å². The SMILES string of the molecule is Cc1nn(C)c(CC(O)c2csc(Br)c2)c1Br. The van der Waals surface area contributed by atoms with Gasteiger partial charge in [0.15, 0.2) is 0 Å². The number of aliphatic hydroxyl groups is 1. The molecule has 2 rings (SSSR count). The quantitative estimate of drug-likeness (QED) is 0.884. The van der Waals surface area contributed by atoms with E-state index in [4.69, 9.17) is 0 Å². The summed E-state index contributed by atoms with van der Waals surface area (Å²) in [6.07, 6.45) is 0.0600. The van der Waals surface area contributed by atoms with Gasteiger partial charge >= 0.3 is 0 Å². The van der Waals surface area contributed by atoms with Crippen molar-refractivity contribution in [3.8, 4) is 0 Å². The van der Waals surface area contributed by atoms with Crippen LogP contribution in [0.2, 0.25) is 0 Å². The predicted octanol–water partition coefficient (Wildman–Crippen LogP) is 3.59. The Labute approximate surface area is 121 Å². The van der Waals surface area contributed by atoms with Crippen LogP contribution in [0.25, 0.3) is 0 Å². The molecule has 0 aliphatic heterocycles. The molecule has 0 saturated heterocycles.